The number of aliphatic carboxylic acids is 1. The molecule has 19 heavy (non-hydrogen) atoms. The van der Waals surface area contributed by atoms with E-state index >= 15 is 0 Å². The number of carboxylic acids is 1. The third-order valence-corrected chi connectivity index (χ3v) is 3.83. The van der Waals surface area contributed by atoms with Crippen LogP contribution in [0.3, 0.4) is 0 Å². The summed E-state index contributed by atoms with van der Waals surface area (Å²) in [7, 11) is 1.95. The zero-order valence-corrected chi connectivity index (χ0v) is 11.6. The number of rotatable bonds is 7. The number of benzene rings is 1. The van der Waals surface area contributed by atoms with Crippen molar-refractivity contribution in [2.45, 2.75) is 25.3 Å². The van der Waals surface area contributed by atoms with Gasteiger partial charge in [0.1, 0.15) is 5.54 Å². The lowest BCUT2D eigenvalue weighted by molar-refractivity contribution is -0.145. The Morgan fingerprint density at radius 1 is 1.42 bits per heavy atom. The molecule has 2 N–H and O–H groups in total. The maximum absolute atomic E-state index is 11.8. The van der Waals surface area contributed by atoms with Crippen molar-refractivity contribution in [2.24, 2.45) is 5.92 Å². The Balaban J connectivity index is 2.18. The van der Waals surface area contributed by atoms with Crippen molar-refractivity contribution in [1.82, 2.24) is 5.32 Å². The topological polar surface area (TPSA) is 52.6 Å². The summed E-state index contributed by atoms with van der Waals surface area (Å²) < 4.78 is 0. The van der Waals surface area contributed by atoms with Gasteiger partial charge in [-0.05, 0) is 37.4 Å². The van der Waals surface area contributed by atoms with Crippen LogP contribution in [0.2, 0.25) is 0 Å². The van der Waals surface area contributed by atoms with E-state index in [0.29, 0.717) is 13.1 Å². The van der Waals surface area contributed by atoms with Gasteiger partial charge in [-0.25, -0.2) is 0 Å². The fraction of sp³-hybridized carbons (Fsp3) is 0.533. The summed E-state index contributed by atoms with van der Waals surface area (Å²) >= 11 is 0. The molecule has 0 radical (unpaired) electrons. The second-order valence-electron chi connectivity index (χ2n) is 5.27. The Hall–Kier alpha value is -1.55. The molecule has 0 saturated heterocycles. The molecule has 4 heteroatoms. The Kier molecular flexibility index (Phi) is 4.10. The van der Waals surface area contributed by atoms with Crippen molar-refractivity contribution < 1.29 is 9.90 Å². The molecule has 4 nitrogen and oxygen atoms in total. The van der Waals surface area contributed by atoms with Crippen LogP contribution in [-0.2, 0) is 4.79 Å². The molecule has 1 aromatic rings. The fourth-order valence-corrected chi connectivity index (χ4v) is 2.69. The van der Waals surface area contributed by atoms with Gasteiger partial charge in [0.15, 0.2) is 0 Å². The molecule has 1 aliphatic rings. The summed E-state index contributed by atoms with van der Waals surface area (Å²) in [5.74, 6) is -0.490. The second-order valence-corrected chi connectivity index (χ2v) is 5.27. The monoisotopic (exact) mass is 262 g/mol. The first-order chi connectivity index (χ1) is 9.10. The van der Waals surface area contributed by atoms with Gasteiger partial charge in [-0.15, -0.1) is 0 Å². The number of hydrogen-bond donors (Lipinski definition) is 2. The normalized spacial score (nSPS) is 17.8. The van der Waals surface area contributed by atoms with Crippen molar-refractivity contribution in [2.75, 3.05) is 25.0 Å². The van der Waals surface area contributed by atoms with E-state index < -0.39 is 11.5 Å². The molecule has 1 saturated carbocycles. The highest BCUT2D eigenvalue weighted by atomic mass is 16.4. The summed E-state index contributed by atoms with van der Waals surface area (Å²) in [5.41, 5.74) is 0.228. The van der Waals surface area contributed by atoms with Crippen molar-refractivity contribution in [3.63, 3.8) is 0 Å². The molecule has 1 atom stereocenters. The van der Waals surface area contributed by atoms with E-state index in [0.717, 1.165) is 18.5 Å². The molecule has 0 bridgehead atoms. The van der Waals surface area contributed by atoms with Crippen molar-refractivity contribution in [3.05, 3.63) is 30.3 Å². The van der Waals surface area contributed by atoms with Gasteiger partial charge < -0.3 is 15.3 Å². The first kappa shape index (κ1) is 13.9. The maximum Gasteiger partial charge on any atom is 0.326 e. The van der Waals surface area contributed by atoms with Gasteiger partial charge in [0, 0.05) is 19.3 Å². The van der Waals surface area contributed by atoms with Crippen molar-refractivity contribution in [1.29, 1.82) is 0 Å². The number of nitrogens with zero attached hydrogens (tertiary/aromatic N) is 1. The molecule has 0 aromatic heterocycles. The Bertz CT molecular complexity index is 431. The van der Waals surface area contributed by atoms with Crippen LogP contribution in [0.15, 0.2) is 30.3 Å². The summed E-state index contributed by atoms with van der Waals surface area (Å²) in [5, 5.41) is 12.9. The summed E-state index contributed by atoms with van der Waals surface area (Å²) in [6, 6.07) is 9.92. The third-order valence-electron chi connectivity index (χ3n) is 3.83. The van der Waals surface area contributed by atoms with Crippen molar-refractivity contribution in [3.8, 4) is 0 Å². The van der Waals surface area contributed by atoms with Crippen LogP contribution in [0.4, 0.5) is 5.69 Å². The molecule has 104 valence electrons. The standard InChI is InChI=1S/C15H22N2O2/c1-3-16-15(14(18)19,12-9-10-12)11-17(2)13-7-5-4-6-8-13/h4-8,12,16H,3,9-11H2,1-2H3,(H,18,19). The largest absolute Gasteiger partial charge is 0.480 e. The average molecular weight is 262 g/mol. The summed E-state index contributed by atoms with van der Waals surface area (Å²) in [4.78, 5) is 13.8. The number of para-hydroxylation sites is 1. The van der Waals surface area contributed by atoms with E-state index in [4.69, 9.17) is 0 Å². The summed E-state index contributed by atoms with van der Waals surface area (Å²) in [6.07, 6.45) is 2.00. The van der Waals surface area contributed by atoms with Crippen LogP contribution in [0.1, 0.15) is 19.8 Å². The fourth-order valence-electron chi connectivity index (χ4n) is 2.69. The first-order valence-corrected chi connectivity index (χ1v) is 6.84. The van der Waals surface area contributed by atoms with Gasteiger partial charge in [0.05, 0.1) is 0 Å². The highest BCUT2D eigenvalue weighted by Gasteiger charge is 2.51. The van der Waals surface area contributed by atoms with Gasteiger partial charge >= 0.3 is 5.97 Å². The van der Waals surface area contributed by atoms with Gasteiger partial charge in [0.2, 0.25) is 0 Å². The molecule has 1 aliphatic carbocycles. The smallest absolute Gasteiger partial charge is 0.326 e. The lowest BCUT2D eigenvalue weighted by Gasteiger charge is -2.35. The lowest BCUT2D eigenvalue weighted by Crippen LogP contribution is -2.60. The van der Waals surface area contributed by atoms with E-state index in [1.54, 1.807) is 0 Å². The molecule has 1 fully saturated rings. The predicted molar refractivity (Wildman–Crippen MR) is 76.5 cm³/mol. The molecule has 1 unspecified atom stereocenters. The van der Waals surface area contributed by atoms with E-state index in [2.05, 4.69) is 5.32 Å². The molecule has 2 rings (SSSR count). The van der Waals surface area contributed by atoms with E-state index in [-0.39, 0.29) is 5.92 Å². The highest BCUT2D eigenvalue weighted by molar-refractivity contribution is 5.81. The van der Waals surface area contributed by atoms with E-state index in [9.17, 15) is 9.90 Å². The van der Waals surface area contributed by atoms with Crippen LogP contribution in [0, 0.1) is 5.92 Å². The second kappa shape index (κ2) is 5.61. The third kappa shape index (κ3) is 2.89. The molecule has 0 heterocycles. The quantitative estimate of drug-likeness (QED) is 0.789. The van der Waals surface area contributed by atoms with Crippen LogP contribution in [0.25, 0.3) is 0 Å². The van der Waals surface area contributed by atoms with E-state index in [1.165, 1.54) is 0 Å². The minimum atomic E-state index is -0.820. The number of carbonyl (C=O) groups is 1. The number of hydrogen-bond acceptors (Lipinski definition) is 3. The molecule has 0 spiro atoms. The maximum atomic E-state index is 11.8. The van der Waals surface area contributed by atoms with Crippen LogP contribution in [-0.4, -0.2) is 36.8 Å². The Morgan fingerprint density at radius 3 is 2.53 bits per heavy atom. The van der Waals surface area contributed by atoms with Gasteiger partial charge in [0.25, 0.3) is 0 Å². The minimum Gasteiger partial charge on any atom is -0.480 e. The predicted octanol–water partition coefficient (Wildman–Crippen LogP) is 1.97. The first-order valence-electron chi connectivity index (χ1n) is 6.84. The molecule has 0 aliphatic heterocycles. The molecule has 0 amide bonds. The Morgan fingerprint density at radius 2 is 2.05 bits per heavy atom. The number of anilines is 1. The summed E-state index contributed by atoms with van der Waals surface area (Å²) in [6.45, 7) is 3.12. The molecule has 1 aromatic carbocycles. The van der Waals surface area contributed by atoms with Crippen molar-refractivity contribution >= 4 is 11.7 Å². The van der Waals surface area contributed by atoms with Gasteiger partial charge in [-0.2, -0.15) is 0 Å². The van der Waals surface area contributed by atoms with E-state index in [1.807, 2.05) is 49.2 Å². The zero-order chi connectivity index (χ0) is 13.9. The number of carboxylic acid groups (broad SMARTS) is 1. The van der Waals surface area contributed by atoms with Crippen LogP contribution < -0.4 is 10.2 Å². The van der Waals surface area contributed by atoms with Gasteiger partial charge in [-0.3, -0.25) is 4.79 Å². The molecular weight excluding hydrogens is 240 g/mol. The zero-order valence-electron chi connectivity index (χ0n) is 11.6. The van der Waals surface area contributed by atoms with Gasteiger partial charge in [-0.1, -0.05) is 25.1 Å². The minimum absolute atomic E-state index is 0.246. The average Bonchev–Trinajstić information content (AvgIpc) is 3.23. The van der Waals surface area contributed by atoms with Crippen LogP contribution in [0.5, 0.6) is 0 Å². The Labute approximate surface area is 114 Å². The highest BCUT2D eigenvalue weighted by Crippen LogP contribution is 2.40. The lowest BCUT2D eigenvalue weighted by atomic mass is 9.92. The number of nitrogens with one attached hydrogen (secondary N) is 1. The SMILES string of the molecule is CCNC(CN(C)c1ccccc1)(C(=O)O)C1CC1. The van der Waals surface area contributed by atoms with Crippen LogP contribution >= 0.6 is 0 Å². The molecular formula is C15H22N2O2. The number of likely N-dealkylation sites (N-methyl/N-ethyl adjacent to an activating group) is 2.